The monoisotopic (exact) mass is 297 g/mol. The fourth-order valence-electron chi connectivity index (χ4n) is 2.68. The van der Waals surface area contributed by atoms with Crippen LogP contribution in [0.3, 0.4) is 0 Å². The lowest BCUT2D eigenvalue weighted by Gasteiger charge is -2.41. The normalized spacial score (nSPS) is 31.0. The molecule has 1 saturated carbocycles. The van der Waals surface area contributed by atoms with Gasteiger partial charge < -0.3 is 5.32 Å². The van der Waals surface area contributed by atoms with Crippen LogP contribution >= 0.6 is 27.5 Å². The van der Waals surface area contributed by atoms with Crippen LogP contribution in [0.25, 0.3) is 0 Å². The van der Waals surface area contributed by atoms with Gasteiger partial charge in [-0.2, -0.15) is 0 Å². The lowest BCUT2D eigenvalue weighted by molar-refractivity contribution is 0.218. The van der Waals surface area contributed by atoms with Gasteiger partial charge in [0, 0.05) is 22.1 Å². The number of rotatable bonds is 2. The molecule has 3 atom stereocenters. The maximum atomic E-state index is 6.07. The second kappa shape index (κ2) is 4.08. The first kappa shape index (κ1) is 10.7. The standard InChI is InChI=1S/C13H13BrClN/c14-11-5-4-9(7-12(11)15)16-13-6-8-2-1-3-10(8)13/h1,3-5,7-8,10,13,16H,2,6H2. The zero-order chi connectivity index (χ0) is 11.1. The Hall–Kier alpha value is -0.470. The van der Waals surface area contributed by atoms with E-state index in [1.807, 2.05) is 12.1 Å². The first-order chi connectivity index (χ1) is 7.74. The highest BCUT2D eigenvalue weighted by atomic mass is 79.9. The Kier molecular flexibility index (Phi) is 2.72. The molecule has 0 saturated heterocycles. The Balaban J connectivity index is 1.70. The van der Waals surface area contributed by atoms with Crippen molar-refractivity contribution in [3.63, 3.8) is 0 Å². The Bertz CT molecular complexity index is 444. The minimum absolute atomic E-state index is 0.598. The molecule has 0 spiro atoms. The molecule has 1 nitrogen and oxygen atoms in total. The van der Waals surface area contributed by atoms with Crippen LogP contribution < -0.4 is 5.32 Å². The molecule has 16 heavy (non-hydrogen) atoms. The Morgan fingerprint density at radius 1 is 1.38 bits per heavy atom. The average molecular weight is 299 g/mol. The topological polar surface area (TPSA) is 12.0 Å². The third kappa shape index (κ3) is 1.78. The largest absolute Gasteiger partial charge is 0.382 e. The van der Waals surface area contributed by atoms with E-state index in [9.17, 15) is 0 Å². The van der Waals surface area contributed by atoms with Crippen LogP contribution in [-0.4, -0.2) is 6.04 Å². The van der Waals surface area contributed by atoms with Gasteiger partial charge in [0.2, 0.25) is 0 Å². The van der Waals surface area contributed by atoms with Crippen molar-refractivity contribution in [1.29, 1.82) is 0 Å². The molecule has 3 rings (SSSR count). The lowest BCUT2D eigenvalue weighted by atomic mass is 9.71. The van der Waals surface area contributed by atoms with Crippen LogP contribution in [0.5, 0.6) is 0 Å². The molecule has 1 fully saturated rings. The number of fused-ring (bicyclic) bond motifs is 1. The molecule has 1 N–H and O–H groups in total. The number of halogens is 2. The second-order valence-corrected chi connectivity index (χ2v) is 5.88. The van der Waals surface area contributed by atoms with Crippen molar-refractivity contribution in [2.45, 2.75) is 18.9 Å². The molecule has 0 amide bonds. The number of nitrogens with one attached hydrogen (secondary N) is 1. The maximum absolute atomic E-state index is 6.07. The van der Waals surface area contributed by atoms with E-state index in [-0.39, 0.29) is 0 Å². The molecule has 3 unspecified atom stereocenters. The van der Waals surface area contributed by atoms with Crippen LogP contribution in [-0.2, 0) is 0 Å². The van der Waals surface area contributed by atoms with Crippen LogP contribution in [0.15, 0.2) is 34.8 Å². The van der Waals surface area contributed by atoms with Crippen molar-refractivity contribution >= 4 is 33.2 Å². The third-order valence-electron chi connectivity index (χ3n) is 3.63. The van der Waals surface area contributed by atoms with Crippen LogP contribution in [0.1, 0.15) is 12.8 Å². The summed E-state index contributed by atoms with van der Waals surface area (Å²) in [6.07, 6.45) is 7.22. The Morgan fingerprint density at radius 2 is 2.25 bits per heavy atom. The van der Waals surface area contributed by atoms with E-state index in [0.29, 0.717) is 6.04 Å². The van der Waals surface area contributed by atoms with Gasteiger partial charge in [-0.15, -0.1) is 0 Å². The number of anilines is 1. The summed E-state index contributed by atoms with van der Waals surface area (Å²) in [5.41, 5.74) is 1.12. The van der Waals surface area contributed by atoms with E-state index < -0.39 is 0 Å². The van der Waals surface area contributed by atoms with Crippen molar-refractivity contribution in [2.75, 3.05) is 5.32 Å². The smallest absolute Gasteiger partial charge is 0.0568 e. The first-order valence-corrected chi connectivity index (χ1v) is 6.79. The molecule has 2 aliphatic carbocycles. The van der Waals surface area contributed by atoms with E-state index in [0.717, 1.165) is 27.0 Å². The highest BCUT2D eigenvalue weighted by Crippen LogP contribution is 2.44. The van der Waals surface area contributed by atoms with Gasteiger partial charge in [-0.3, -0.25) is 0 Å². The van der Waals surface area contributed by atoms with Crippen LogP contribution in [0.4, 0.5) is 5.69 Å². The molecule has 1 aromatic rings. The lowest BCUT2D eigenvalue weighted by Crippen LogP contribution is -2.43. The second-order valence-electron chi connectivity index (χ2n) is 4.62. The minimum Gasteiger partial charge on any atom is -0.382 e. The molecule has 0 aliphatic heterocycles. The molecule has 0 aromatic heterocycles. The summed E-state index contributed by atoms with van der Waals surface area (Å²) in [5, 5.41) is 4.33. The summed E-state index contributed by atoms with van der Waals surface area (Å²) in [7, 11) is 0. The van der Waals surface area contributed by atoms with Gasteiger partial charge in [0.25, 0.3) is 0 Å². The van der Waals surface area contributed by atoms with Gasteiger partial charge in [0.15, 0.2) is 0 Å². The molecule has 3 heteroatoms. The van der Waals surface area contributed by atoms with Crippen molar-refractivity contribution < 1.29 is 0 Å². The van der Waals surface area contributed by atoms with Gasteiger partial charge in [0.1, 0.15) is 0 Å². The van der Waals surface area contributed by atoms with E-state index in [2.05, 4.69) is 39.5 Å². The zero-order valence-corrected chi connectivity index (χ0v) is 11.1. The summed E-state index contributed by atoms with van der Waals surface area (Å²) in [4.78, 5) is 0. The molecular weight excluding hydrogens is 286 g/mol. The molecule has 84 valence electrons. The predicted molar refractivity (Wildman–Crippen MR) is 71.9 cm³/mol. The van der Waals surface area contributed by atoms with E-state index in [4.69, 9.17) is 11.6 Å². The Morgan fingerprint density at radius 3 is 3.00 bits per heavy atom. The predicted octanol–water partition coefficient (Wildman–Crippen LogP) is 4.48. The van der Waals surface area contributed by atoms with Crippen LogP contribution in [0, 0.1) is 11.8 Å². The highest BCUT2D eigenvalue weighted by Gasteiger charge is 2.40. The van der Waals surface area contributed by atoms with E-state index in [1.54, 1.807) is 0 Å². The molecule has 1 aromatic carbocycles. The maximum Gasteiger partial charge on any atom is 0.0568 e. The van der Waals surface area contributed by atoms with Gasteiger partial charge in [-0.25, -0.2) is 0 Å². The third-order valence-corrected chi connectivity index (χ3v) is 4.87. The van der Waals surface area contributed by atoms with Crippen molar-refractivity contribution in [3.05, 3.63) is 39.8 Å². The summed E-state index contributed by atoms with van der Waals surface area (Å²) in [6.45, 7) is 0. The van der Waals surface area contributed by atoms with Gasteiger partial charge in [-0.1, -0.05) is 23.8 Å². The molecule has 0 radical (unpaired) electrons. The fraction of sp³-hybridized carbons (Fsp3) is 0.385. The highest BCUT2D eigenvalue weighted by molar-refractivity contribution is 9.10. The summed E-state index contributed by atoms with van der Waals surface area (Å²) in [5.74, 6) is 1.63. The first-order valence-electron chi connectivity index (χ1n) is 5.62. The van der Waals surface area contributed by atoms with Crippen LogP contribution in [0.2, 0.25) is 5.02 Å². The summed E-state index contributed by atoms with van der Waals surface area (Å²) >= 11 is 9.47. The number of allylic oxidation sites excluding steroid dienone is 1. The van der Waals surface area contributed by atoms with Gasteiger partial charge >= 0.3 is 0 Å². The molecule has 0 heterocycles. The van der Waals surface area contributed by atoms with Crippen molar-refractivity contribution in [1.82, 2.24) is 0 Å². The van der Waals surface area contributed by atoms with E-state index in [1.165, 1.54) is 12.8 Å². The molecule has 2 aliphatic rings. The van der Waals surface area contributed by atoms with Gasteiger partial charge in [0.05, 0.1) is 5.02 Å². The number of hydrogen-bond acceptors (Lipinski definition) is 1. The zero-order valence-electron chi connectivity index (χ0n) is 8.79. The molecule has 0 bridgehead atoms. The minimum atomic E-state index is 0.598. The number of hydrogen-bond donors (Lipinski definition) is 1. The van der Waals surface area contributed by atoms with Crippen molar-refractivity contribution in [2.24, 2.45) is 11.8 Å². The quantitative estimate of drug-likeness (QED) is 0.794. The Labute approximate surface area is 109 Å². The fourth-order valence-corrected chi connectivity index (χ4v) is 3.11. The average Bonchev–Trinajstić information content (AvgIpc) is 2.61. The molecular formula is C13H13BrClN. The SMILES string of the molecule is Clc1cc(NC2CC3CC=CC32)ccc1Br. The summed E-state index contributed by atoms with van der Waals surface area (Å²) in [6, 6.07) is 6.64. The van der Waals surface area contributed by atoms with Crippen molar-refractivity contribution in [3.8, 4) is 0 Å². The van der Waals surface area contributed by atoms with Gasteiger partial charge in [-0.05, 0) is 52.9 Å². The number of benzene rings is 1. The van der Waals surface area contributed by atoms with E-state index >= 15 is 0 Å². The summed E-state index contributed by atoms with van der Waals surface area (Å²) < 4.78 is 0.951.